The van der Waals surface area contributed by atoms with E-state index in [0.29, 0.717) is 22.4 Å². The Bertz CT molecular complexity index is 1270. The summed E-state index contributed by atoms with van der Waals surface area (Å²) in [5.74, 6) is 1.76. The lowest BCUT2D eigenvalue weighted by atomic mass is 10.1. The van der Waals surface area contributed by atoms with E-state index in [1.807, 2.05) is 12.4 Å². The Morgan fingerprint density at radius 3 is 2.44 bits per heavy atom. The summed E-state index contributed by atoms with van der Waals surface area (Å²) in [5, 5.41) is 1.87. The number of amides is 2. The van der Waals surface area contributed by atoms with Gasteiger partial charge in [0.1, 0.15) is 18.2 Å². The molecule has 2 amide bonds. The van der Waals surface area contributed by atoms with Crippen LogP contribution in [-0.4, -0.2) is 50.3 Å². The van der Waals surface area contributed by atoms with Crippen molar-refractivity contribution in [1.82, 2.24) is 25.3 Å². The van der Waals surface area contributed by atoms with Gasteiger partial charge >= 0.3 is 0 Å². The number of carbonyl (C=O) groups is 2. The van der Waals surface area contributed by atoms with Gasteiger partial charge in [-0.15, -0.1) is 0 Å². The van der Waals surface area contributed by atoms with Crippen LogP contribution in [0.2, 0.25) is 0 Å². The summed E-state index contributed by atoms with van der Waals surface area (Å²) < 4.78 is 11.9. The molecule has 1 N–H and O–H groups in total. The first-order chi connectivity index (χ1) is 17.6. The van der Waals surface area contributed by atoms with Crippen molar-refractivity contribution in [1.29, 1.82) is 0 Å². The van der Waals surface area contributed by atoms with E-state index >= 15 is 0 Å². The first-order valence-corrected chi connectivity index (χ1v) is 12.4. The predicted octanol–water partition coefficient (Wildman–Crippen LogP) is 3.99. The minimum atomic E-state index is -0.386. The molecule has 0 unspecified atom stereocenters. The van der Waals surface area contributed by atoms with Crippen molar-refractivity contribution in [3.05, 3.63) is 65.1 Å². The summed E-state index contributed by atoms with van der Waals surface area (Å²) in [6.45, 7) is 3.70. The SMILES string of the molecule is CCc1cnc(N2CCC(Oc3cc(Oc4ccc(C=C5SC(=O)NC5=O)cc4)ncn3)CC2)nc1. The monoisotopic (exact) mass is 504 g/mol. The highest BCUT2D eigenvalue weighted by molar-refractivity contribution is 8.18. The lowest BCUT2D eigenvalue weighted by molar-refractivity contribution is -0.115. The van der Waals surface area contributed by atoms with Crippen LogP contribution >= 0.6 is 11.8 Å². The second kappa shape index (κ2) is 10.7. The van der Waals surface area contributed by atoms with Crippen molar-refractivity contribution in [3.8, 4) is 17.5 Å². The molecule has 3 aromatic rings. The highest BCUT2D eigenvalue weighted by atomic mass is 32.2. The van der Waals surface area contributed by atoms with Crippen molar-refractivity contribution in [3.63, 3.8) is 0 Å². The van der Waals surface area contributed by atoms with Crippen molar-refractivity contribution >= 4 is 34.9 Å². The van der Waals surface area contributed by atoms with Gasteiger partial charge in [-0.25, -0.2) is 19.9 Å². The van der Waals surface area contributed by atoms with E-state index in [1.165, 1.54) is 6.33 Å². The highest BCUT2D eigenvalue weighted by Gasteiger charge is 2.25. The lowest BCUT2D eigenvalue weighted by Crippen LogP contribution is -2.39. The third-order valence-electron chi connectivity index (χ3n) is 5.77. The molecule has 2 aliphatic rings. The second-order valence-corrected chi connectivity index (χ2v) is 9.28. The lowest BCUT2D eigenvalue weighted by Gasteiger charge is -2.31. The standard InChI is InChI=1S/C25H24N6O4S/c1-2-16-13-26-24(27-14-16)31-9-7-19(8-10-31)35-22-12-21(28-15-29-22)34-18-5-3-17(4-6-18)11-20-23(32)30-25(33)36-20/h3-6,11-15,19H,2,7-10H2,1H3,(H,30,32,33). The maximum atomic E-state index is 11.7. The number of ether oxygens (including phenoxy) is 2. The zero-order valence-corrected chi connectivity index (χ0v) is 20.4. The van der Waals surface area contributed by atoms with Gasteiger partial charge in [-0.2, -0.15) is 0 Å². The van der Waals surface area contributed by atoms with E-state index in [4.69, 9.17) is 9.47 Å². The van der Waals surface area contributed by atoms with E-state index < -0.39 is 0 Å². The number of aromatic nitrogens is 4. The third kappa shape index (κ3) is 5.80. The fourth-order valence-electron chi connectivity index (χ4n) is 3.81. The quantitative estimate of drug-likeness (QED) is 0.473. The number of nitrogens with zero attached hydrogens (tertiary/aromatic N) is 5. The summed E-state index contributed by atoms with van der Waals surface area (Å²) in [6, 6.07) is 8.79. The highest BCUT2D eigenvalue weighted by Crippen LogP contribution is 2.28. The van der Waals surface area contributed by atoms with Crippen LogP contribution in [0, 0.1) is 0 Å². The van der Waals surface area contributed by atoms with E-state index in [2.05, 4.69) is 37.1 Å². The van der Waals surface area contributed by atoms with Crippen LogP contribution in [0.1, 0.15) is 30.9 Å². The Kier molecular flexibility index (Phi) is 7.08. The molecular weight excluding hydrogens is 480 g/mol. The Labute approximate surface area is 212 Å². The predicted molar refractivity (Wildman–Crippen MR) is 135 cm³/mol. The molecule has 2 aromatic heterocycles. The fourth-order valence-corrected chi connectivity index (χ4v) is 4.49. The van der Waals surface area contributed by atoms with Crippen molar-refractivity contribution in [2.75, 3.05) is 18.0 Å². The summed E-state index contributed by atoms with van der Waals surface area (Å²) in [4.78, 5) is 42.9. The molecule has 2 aliphatic heterocycles. The van der Waals surface area contributed by atoms with Crippen LogP contribution in [0.5, 0.6) is 17.5 Å². The average molecular weight is 505 g/mol. The molecule has 2 fully saturated rings. The van der Waals surface area contributed by atoms with Gasteiger partial charge in [0.2, 0.25) is 17.7 Å². The largest absolute Gasteiger partial charge is 0.474 e. The van der Waals surface area contributed by atoms with Gasteiger partial charge in [-0.05, 0) is 47.5 Å². The van der Waals surface area contributed by atoms with Gasteiger partial charge in [0, 0.05) is 38.3 Å². The summed E-state index contributed by atoms with van der Waals surface area (Å²) in [5.41, 5.74) is 1.90. The molecule has 0 aliphatic carbocycles. The molecule has 184 valence electrons. The van der Waals surface area contributed by atoms with Gasteiger partial charge in [-0.3, -0.25) is 14.9 Å². The number of carbonyl (C=O) groups excluding carboxylic acids is 2. The first kappa shape index (κ1) is 23.7. The van der Waals surface area contributed by atoms with E-state index in [-0.39, 0.29) is 17.3 Å². The van der Waals surface area contributed by atoms with Crippen LogP contribution in [0.4, 0.5) is 10.7 Å². The first-order valence-electron chi connectivity index (χ1n) is 11.6. The molecule has 0 bridgehead atoms. The number of nitrogens with one attached hydrogen (secondary N) is 1. The Hall–Kier alpha value is -3.99. The van der Waals surface area contributed by atoms with Crippen LogP contribution < -0.4 is 19.7 Å². The molecule has 0 saturated carbocycles. The zero-order chi connectivity index (χ0) is 24.9. The summed E-state index contributed by atoms with van der Waals surface area (Å²) in [6.07, 6.45) is 9.45. The van der Waals surface area contributed by atoms with Crippen LogP contribution in [-0.2, 0) is 11.2 Å². The summed E-state index contributed by atoms with van der Waals surface area (Å²) in [7, 11) is 0. The van der Waals surface area contributed by atoms with Crippen LogP contribution in [0.3, 0.4) is 0 Å². The van der Waals surface area contributed by atoms with Crippen molar-refractivity contribution < 1.29 is 19.1 Å². The zero-order valence-electron chi connectivity index (χ0n) is 19.6. The summed E-state index contributed by atoms with van der Waals surface area (Å²) >= 11 is 0.882. The van der Waals surface area contributed by atoms with Crippen molar-refractivity contribution in [2.24, 2.45) is 0 Å². The number of benzene rings is 1. The maximum Gasteiger partial charge on any atom is 0.290 e. The number of piperidine rings is 1. The van der Waals surface area contributed by atoms with Gasteiger partial charge in [-0.1, -0.05) is 19.1 Å². The fraction of sp³-hybridized carbons (Fsp3) is 0.280. The van der Waals surface area contributed by atoms with Crippen LogP contribution in [0.15, 0.2) is 54.0 Å². The van der Waals surface area contributed by atoms with Crippen LogP contribution in [0.25, 0.3) is 6.08 Å². The van der Waals surface area contributed by atoms with Gasteiger partial charge in [0.15, 0.2) is 0 Å². The van der Waals surface area contributed by atoms with Gasteiger partial charge < -0.3 is 14.4 Å². The molecule has 11 heteroatoms. The number of rotatable bonds is 7. The van der Waals surface area contributed by atoms with Gasteiger partial charge in [0.25, 0.3) is 11.1 Å². The molecule has 4 heterocycles. The number of hydrogen-bond acceptors (Lipinski definition) is 10. The maximum absolute atomic E-state index is 11.7. The molecule has 0 atom stereocenters. The minimum Gasteiger partial charge on any atom is -0.474 e. The number of aryl methyl sites for hydroxylation is 1. The molecule has 36 heavy (non-hydrogen) atoms. The second-order valence-electron chi connectivity index (χ2n) is 8.27. The molecule has 1 aromatic carbocycles. The third-order valence-corrected chi connectivity index (χ3v) is 6.58. The average Bonchev–Trinajstić information content (AvgIpc) is 3.22. The molecule has 0 spiro atoms. The van der Waals surface area contributed by atoms with E-state index in [1.54, 1.807) is 36.4 Å². The molecule has 0 radical (unpaired) electrons. The molecule has 2 saturated heterocycles. The van der Waals surface area contributed by atoms with Gasteiger partial charge in [0.05, 0.1) is 11.0 Å². The number of hydrogen-bond donors (Lipinski definition) is 1. The normalized spacial score (nSPS) is 17.4. The Morgan fingerprint density at radius 1 is 1.06 bits per heavy atom. The molecule has 5 rings (SSSR count). The number of anilines is 1. The Balaban J connectivity index is 1.15. The Morgan fingerprint density at radius 2 is 1.78 bits per heavy atom. The molecule has 10 nitrogen and oxygen atoms in total. The topological polar surface area (TPSA) is 119 Å². The number of imide groups is 1. The van der Waals surface area contributed by atoms with E-state index in [0.717, 1.165) is 61.2 Å². The van der Waals surface area contributed by atoms with E-state index in [9.17, 15) is 9.59 Å². The smallest absolute Gasteiger partial charge is 0.290 e. The molecular formula is C25H24N6O4S. The van der Waals surface area contributed by atoms with Crippen molar-refractivity contribution in [2.45, 2.75) is 32.3 Å². The minimum absolute atomic E-state index is 0.0313. The number of thioether (sulfide) groups is 1.